The number of rotatable bonds is 4. The molecule has 1 N–H and O–H groups in total. The molecule has 1 saturated carbocycles. The van der Waals surface area contributed by atoms with Gasteiger partial charge in [-0.3, -0.25) is 4.68 Å². The van der Waals surface area contributed by atoms with Crippen LogP contribution < -0.4 is 5.32 Å². The van der Waals surface area contributed by atoms with Crippen molar-refractivity contribution >= 4 is 0 Å². The molecule has 2 rings (SSSR count). The maximum absolute atomic E-state index is 4.45. The van der Waals surface area contributed by atoms with E-state index in [2.05, 4.69) is 23.4 Å². The highest BCUT2D eigenvalue weighted by Crippen LogP contribution is 2.40. The highest BCUT2D eigenvalue weighted by Gasteiger charge is 2.32. The summed E-state index contributed by atoms with van der Waals surface area (Å²) in [6, 6.07) is 2.61. The van der Waals surface area contributed by atoms with Crippen molar-refractivity contribution in [2.45, 2.75) is 25.8 Å². The first-order valence-corrected chi connectivity index (χ1v) is 5.04. The second-order valence-corrected chi connectivity index (χ2v) is 3.79. The fourth-order valence-electron chi connectivity index (χ4n) is 1.76. The molecule has 1 heterocycles. The highest BCUT2D eigenvalue weighted by molar-refractivity contribution is 5.09. The number of aryl methyl sites for hydroxylation is 1. The van der Waals surface area contributed by atoms with Gasteiger partial charge in [0.2, 0.25) is 0 Å². The maximum Gasteiger partial charge on any atom is 0.0796 e. The van der Waals surface area contributed by atoms with Crippen molar-refractivity contribution in [1.82, 2.24) is 15.1 Å². The molecule has 0 saturated heterocycles. The lowest BCUT2D eigenvalue weighted by Gasteiger charge is -2.13. The van der Waals surface area contributed by atoms with E-state index in [1.165, 1.54) is 18.5 Å². The molecule has 72 valence electrons. The zero-order chi connectivity index (χ0) is 9.26. The quantitative estimate of drug-likeness (QED) is 0.758. The Bertz CT molecular complexity index is 275. The van der Waals surface area contributed by atoms with Crippen molar-refractivity contribution in [3.05, 3.63) is 18.0 Å². The van der Waals surface area contributed by atoms with Crippen LogP contribution in [-0.2, 0) is 7.05 Å². The van der Waals surface area contributed by atoms with Crippen molar-refractivity contribution in [2.75, 3.05) is 6.54 Å². The molecule has 1 atom stereocenters. The third-order valence-corrected chi connectivity index (χ3v) is 2.57. The van der Waals surface area contributed by atoms with E-state index in [0.717, 1.165) is 12.5 Å². The Kier molecular flexibility index (Phi) is 2.36. The first-order chi connectivity index (χ1) is 6.31. The Labute approximate surface area is 79.1 Å². The summed E-state index contributed by atoms with van der Waals surface area (Å²) in [5, 5.41) is 7.94. The minimum atomic E-state index is 0.492. The van der Waals surface area contributed by atoms with Gasteiger partial charge >= 0.3 is 0 Å². The Hall–Kier alpha value is -0.830. The second kappa shape index (κ2) is 3.50. The lowest BCUT2D eigenvalue weighted by molar-refractivity contribution is 0.478. The lowest BCUT2D eigenvalue weighted by atomic mass is 10.1. The van der Waals surface area contributed by atoms with Gasteiger partial charge in [-0.05, 0) is 31.4 Å². The molecule has 3 heteroatoms. The Morgan fingerprint density at radius 1 is 1.69 bits per heavy atom. The van der Waals surface area contributed by atoms with E-state index in [1.807, 2.05) is 17.9 Å². The summed E-state index contributed by atoms with van der Waals surface area (Å²) >= 11 is 0. The molecular weight excluding hydrogens is 162 g/mol. The van der Waals surface area contributed by atoms with Gasteiger partial charge in [-0.2, -0.15) is 5.10 Å². The molecule has 1 aromatic heterocycles. The van der Waals surface area contributed by atoms with Crippen LogP contribution in [0.2, 0.25) is 0 Å². The van der Waals surface area contributed by atoms with Crippen LogP contribution in [0.1, 0.15) is 31.5 Å². The van der Waals surface area contributed by atoms with E-state index < -0.39 is 0 Å². The third-order valence-electron chi connectivity index (χ3n) is 2.57. The summed E-state index contributed by atoms with van der Waals surface area (Å²) in [7, 11) is 1.97. The average Bonchev–Trinajstić information content (AvgIpc) is 2.85. The Morgan fingerprint density at radius 3 is 2.92 bits per heavy atom. The van der Waals surface area contributed by atoms with E-state index in [4.69, 9.17) is 0 Å². The third kappa shape index (κ3) is 1.91. The van der Waals surface area contributed by atoms with Gasteiger partial charge in [-0.1, -0.05) is 6.92 Å². The topological polar surface area (TPSA) is 29.9 Å². The van der Waals surface area contributed by atoms with Crippen molar-refractivity contribution in [3.8, 4) is 0 Å². The first-order valence-electron chi connectivity index (χ1n) is 5.04. The largest absolute Gasteiger partial charge is 0.309 e. The summed E-state index contributed by atoms with van der Waals surface area (Å²) in [4.78, 5) is 0. The summed E-state index contributed by atoms with van der Waals surface area (Å²) in [5.41, 5.74) is 1.20. The number of nitrogens with zero attached hydrogens (tertiary/aromatic N) is 2. The van der Waals surface area contributed by atoms with Crippen LogP contribution in [0.4, 0.5) is 0 Å². The summed E-state index contributed by atoms with van der Waals surface area (Å²) in [6.07, 6.45) is 4.73. The average molecular weight is 179 g/mol. The van der Waals surface area contributed by atoms with Crippen LogP contribution in [0.15, 0.2) is 12.3 Å². The SMILES string of the molecule is CCNC(c1ccn(C)n1)C1CC1. The van der Waals surface area contributed by atoms with E-state index >= 15 is 0 Å². The molecule has 3 nitrogen and oxygen atoms in total. The van der Waals surface area contributed by atoms with Gasteiger partial charge < -0.3 is 5.32 Å². The minimum absolute atomic E-state index is 0.492. The smallest absolute Gasteiger partial charge is 0.0796 e. The molecule has 1 unspecified atom stereocenters. The van der Waals surface area contributed by atoms with Crippen LogP contribution >= 0.6 is 0 Å². The second-order valence-electron chi connectivity index (χ2n) is 3.79. The molecule has 1 aliphatic rings. The summed E-state index contributed by atoms with van der Waals surface area (Å²) < 4.78 is 1.88. The van der Waals surface area contributed by atoms with Gasteiger partial charge in [0.15, 0.2) is 0 Å². The molecule has 13 heavy (non-hydrogen) atoms. The molecule has 0 spiro atoms. The van der Waals surface area contributed by atoms with Crippen LogP contribution in [0.25, 0.3) is 0 Å². The first kappa shape index (κ1) is 8.75. The van der Waals surface area contributed by atoms with Gasteiger partial charge in [0.25, 0.3) is 0 Å². The summed E-state index contributed by atoms with van der Waals surface area (Å²) in [6.45, 7) is 3.18. The Balaban J connectivity index is 2.10. The van der Waals surface area contributed by atoms with Gasteiger partial charge in [0.1, 0.15) is 0 Å². The van der Waals surface area contributed by atoms with Gasteiger partial charge in [-0.25, -0.2) is 0 Å². The zero-order valence-corrected chi connectivity index (χ0v) is 8.33. The maximum atomic E-state index is 4.45. The normalized spacial score (nSPS) is 18.9. The van der Waals surface area contributed by atoms with E-state index in [9.17, 15) is 0 Å². The lowest BCUT2D eigenvalue weighted by Crippen LogP contribution is -2.23. The summed E-state index contributed by atoms with van der Waals surface area (Å²) in [5.74, 6) is 0.829. The van der Waals surface area contributed by atoms with Gasteiger partial charge in [0, 0.05) is 13.2 Å². The van der Waals surface area contributed by atoms with Crippen LogP contribution in [-0.4, -0.2) is 16.3 Å². The molecule has 0 amide bonds. The standard InChI is InChI=1S/C10H17N3/c1-3-11-10(8-4-5-8)9-6-7-13(2)12-9/h6-8,10-11H,3-5H2,1-2H3. The molecular formula is C10H17N3. The van der Waals surface area contributed by atoms with Crippen molar-refractivity contribution in [2.24, 2.45) is 13.0 Å². The molecule has 1 aromatic rings. The van der Waals surface area contributed by atoms with E-state index in [1.54, 1.807) is 0 Å². The fourth-order valence-corrected chi connectivity index (χ4v) is 1.76. The van der Waals surface area contributed by atoms with Gasteiger partial charge in [-0.15, -0.1) is 0 Å². The number of aromatic nitrogens is 2. The molecule has 0 aliphatic heterocycles. The monoisotopic (exact) mass is 179 g/mol. The number of hydrogen-bond acceptors (Lipinski definition) is 2. The fraction of sp³-hybridized carbons (Fsp3) is 0.700. The van der Waals surface area contributed by atoms with Crippen molar-refractivity contribution in [3.63, 3.8) is 0 Å². The van der Waals surface area contributed by atoms with Crippen LogP contribution in [0.3, 0.4) is 0 Å². The number of nitrogens with one attached hydrogen (secondary N) is 1. The molecule has 0 radical (unpaired) electrons. The molecule has 0 aromatic carbocycles. The van der Waals surface area contributed by atoms with E-state index in [0.29, 0.717) is 6.04 Å². The predicted octanol–water partition coefficient (Wildman–Crippen LogP) is 1.48. The zero-order valence-electron chi connectivity index (χ0n) is 8.33. The molecule has 0 bridgehead atoms. The molecule has 1 aliphatic carbocycles. The highest BCUT2D eigenvalue weighted by atomic mass is 15.3. The minimum Gasteiger partial charge on any atom is -0.309 e. The van der Waals surface area contributed by atoms with Crippen LogP contribution in [0, 0.1) is 5.92 Å². The predicted molar refractivity (Wildman–Crippen MR) is 52.3 cm³/mol. The number of hydrogen-bond donors (Lipinski definition) is 1. The molecule has 1 fully saturated rings. The van der Waals surface area contributed by atoms with Crippen molar-refractivity contribution < 1.29 is 0 Å². The van der Waals surface area contributed by atoms with Crippen LogP contribution in [0.5, 0.6) is 0 Å². The van der Waals surface area contributed by atoms with Crippen molar-refractivity contribution in [1.29, 1.82) is 0 Å². The van der Waals surface area contributed by atoms with E-state index in [-0.39, 0.29) is 0 Å². The Morgan fingerprint density at radius 2 is 2.46 bits per heavy atom. The van der Waals surface area contributed by atoms with Gasteiger partial charge in [0.05, 0.1) is 11.7 Å².